The predicted molar refractivity (Wildman–Crippen MR) is 62.4 cm³/mol. The third kappa shape index (κ3) is 2.42. The number of piperidine rings is 1. The topological polar surface area (TPSA) is 35.5 Å². The van der Waals surface area contributed by atoms with Crippen LogP contribution >= 0.6 is 0 Å². The van der Waals surface area contributed by atoms with Gasteiger partial charge in [0.2, 0.25) is 0 Å². The minimum atomic E-state index is 0.337. The summed E-state index contributed by atoms with van der Waals surface area (Å²) >= 11 is 0. The lowest BCUT2D eigenvalue weighted by molar-refractivity contribution is 0.442. The zero-order chi connectivity index (χ0) is 10.7. The van der Waals surface area contributed by atoms with Gasteiger partial charge < -0.3 is 15.3 Å². The Hall–Kier alpha value is -1.22. The number of phenols is 1. The van der Waals surface area contributed by atoms with Crippen LogP contribution in [0.25, 0.3) is 0 Å². The van der Waals surface area contributed by atoms with E-state index in [2.05, 4.69) is 10.2 Å². The summed E-state index contributed by atoms with van der Waals surface area (Å²) < 4.78 is 0. The summed E-state index contributed by atoms with van der Waals surface area (Å²) in [5.41, 5.74) is 1.21. The minimum absolute atomic E-state index is 0.337. The number of hydrogen-bond acceptors (Lipinski definition) is 3. The molecule has 0 aromatic heterocycles. The highest BCUT2D eigenvalue weighted by Crippen LogP contribution is 2.22. The Morgan fingerprint density at radius 1 is 1.20 bits per heavy atom. The molecule has 0 radical (unpaired) electrons. The van der Waals surface area contributed by atoms with Crippen molar-refractivity contribution < 1.29 is 5.11 Å². The lowest BCUT2D eigenvalue weighted by Gasteiger charge is -2.33. The van der Waals surface area contributed by atoms with Gasteiger partial charge in [-0.15, -0.1) is 0 Å². The molecule has 0 unspecified atom stereocenters. The highest BCUT2D eigenvalue weighted by molar-refractivity contribution is 5.49. The van der Waals surface area contributed by atoms with Crippen LogP contribution in [0.15, 0.2) is 24.3 Å². The molecule has 0 saturated carbocycles. The molecule has 1 aliphatic rings. The van der Waals surface area contributed by atoms with Crippen LogP contribution in [0.4, 0.5) is 5.69 Å². The Bertz CT molecular complexity index is 302. The van der Waals surface area contributed by atoms with Gasteiger partial charge in [0.15, 0.2) is 0 Å². The van der Waals surface area contributed by atoms with Crippen LogP contribution in [-0.2, 0) is 0 Å². The van der Waals surface area contributed by atoms with Crippen molar-refractivity contribution in [3.8, 4) is 5.75 Å². The largest absolute Gasteiger partial charge is 0.508 e. The van der Waals surface area contributed by atoms with Crippen molar-refractivity contribution in [2.24, 2.45) is 0 Å². The van der Waals surface area contributed by atoms with Crippen LogP contribution in [-0.4, -0.2) is 31.3 Å². The van der Waals surface area contributed by atoms with Gasteiger partial charge in [0.05, 0.1) is 0 Å². The molecule has 1 aromatic rings. The number of nitrogens with zero attached hydrogens (tertiary/aromatic N) is 1. The third-order valence-electron chi connectivity index (χ3n) is 3.12. The third-order valence-corrected chi connectivity index (χ3v) is 3.12. The number of nitrogens with one attached hydrogen (secondary N) is 1. The molecule has 3 heteroatoms. The van der Waals surface area contributed by atoms with E-state index in [0.717, 1.165) is 13.1 Å². The van der Waals surface area contributed by atoms with Crippen LogP contribution in [0.3, 0.4) is 0 Å². The summed E-state index contributed by atoms with van der Waals surface area (Å²) in [7, 11) is 2.03. The summed E-state index contributed by atoms with van der Waals surface area (Å²) in [5.74, 6) is 0.337. The molecule has 1 aliphatic heterocycles. The highest BCUT2D eigenvalue weighted by atomic mass is 16.3. The van der Waals surface area contributed by atoms with Gasteiger partial charge in [0.25, 0.3) is 0 Å². The number of anilines is 1. The Morgan fingerprint density at radius 3 is 2.33 bits per heavy atom. The number of benzene rings is 1. The van der Waals surface area contributed by atoms with Crippen LogP contribution in [0.1, 0.15) is 12.8 Å². The SMILES string of the molecule is CNC1CCN(c2ccc(O)cc2)CC1. The normalized spacial score (nSPS) is 18.1. The van der Waals surface area contributed by atoms with Crippen LogP contribution in [0.5, 0.6) is 5.75 Å². The molecule has 2 rings (SSSR count). The van der Waals surface area contributed by atoms with E-state index >= 15 is 0 Å². The van der Waals surface area contributed by atoms with E-state index in [9.17, 15) is 5.11 Å². The Balaban J connectivity index is 1.98. The molecule has 1 aromatic carbocycles. The summed E-state index contributed by atoms with van der Waals surface area (Å²) in [6, 6.07) is 8.13. The van der Waals surface area contributed by atoms with Crippen molar-refractivity contribution >= 4 is 5.69 Å². The minimum Gasteiger partial charge on any atom is -0.508 e. The van der Waals surface area contributed by atoms with Crippen molar-refractivity contribution in [2.75, 3.05) is 25.0 Å². The Kier molecular flexibility index (Phi) is 3.11. The molecule has 1 heterocycles. The number of phenolic OH excluding ortho intramolecular Hbond substituents is 1. The van der Waals surface area contributed by atoms with E-state index in [4.69, 9.17) is 0 Å². The fourth-order valence-electron chi connectivity index (χ4n) is 2.09. The van der Waals surface area contributed by atoms with Crippen molar-refractivity contribution in [1.82, 2.24) is 5.32 Å². The first kappa shape index (κ1) is 10.3. The van der Waals surface area contributed by atoms with Gasteiger partial charge in [0, 0.05) is 24.8 Å². The molecule has 0 bridgehead atoms. The van der Waals surface area contributed by atoms with Crippen molar-refractivity contribution in [2.45, 2.75) is 18.9 Å². The van der Waals surface area contributed by atoms with Crippen molar-refractivity contribution in [1.29, 1.82) is 0 Å². The van der Waals surface area contributed by atoms with Crippen LogP contribution in [0, 0.1) is 0 Å². The second kappa shape index (κ2) is 4.53. The van der Waals surface area contributed by atoms with Crippen molar-refractivity contribution in [3.05, 3.63) is 24.3 Å². The molecule has 1 fully saturated rings. The van der Waals surface area contributed by atoms with Gasteiger partial charge >= 0.3 is 0 Å². The maximum Gasteiger partial charge on any atom is 0.115 e. The van der Waals surface area contributed by atoms with Gasteiger partial charge in [-0.25, -0.2) is 0 Å². The standard InChI is InChI=1S/C12H18N2O/c1-13-10-6-8-14(9-7-10)11-2-4-12(15)5-3-11/h2-5,10,13,15H,6-9H2,1H3. The van der Waals surface area contributed by atoms with E-state index in [0.29, 0.717) is 11.8 Å². The summed E-state index contributed by atoms with van der Waals surface area (Å²) in [6.07, 6.45) is 2.38. The molecule has 2 N–H and O–H groups in total. The fourth-order valence-corrected chi connectivity index (χ4v) is 2.09. The van der Waals surface area contributed by atoms with Gasteiger partial charge in [0.1, 0.15) is 5.75 Å². The number of hydrogen-bond donors (Lipinski definition) is 2. The van der Waals surface area contributed by atoms with Crippen molar-refractivity contribution in [3.63, 3.8) is 0 Å². The quantitative estimate of drug-likeness (QED) is 0.771. The molecule has 82 valence electrons. The first-order valence-corrected chi connectivity index (χ1v) is 5.51. The molecular weight excluding hydrogens is 188 g/mol. The van der Waals surface area contributed by atoms with Crippen LogP contribution in [0.2, 0.25) is 0 Å². The zero-order valence-corrected chi connectivity index (χ0v) is 9.11. The Labute approximate surface area is 90.7 Å². The first-order valence-electron chi connectivity index (χ1n) is 5.51. The van der Waals surface area contributed by atoms with E-state index in [1.54, 1.807) is 12.1 Å². The molecule has 1 saturated heterocycles. The maximum absolute atomic E-state index is 9.21. The van der Waals surface area contributed by atoms with Gasteiger partial charge in [-0.1, -0.05) is 0 Å². The summed E-state index contributed by atoms with van der Waals surface area (Å²) in [5, 5.41) is 12.5. The molecule has 0 atom stereocenters. The lowest BCUT2D eigenvalue weighted by Crippen LogP contribution is -2.41. The number of aromatic hydroxyl groups is 1. The Morgan fingerprint density at radius 2 is 1.80 bits per heavy atom. The average molecular weight is 206 g/mol. The monoisotopic (exact) mass is 206 g/mol. The van der Waals surface area contributed by atoms with Gasteiger partial charge in [-0.05, 0) is 44.2 Å². The summed E-state index contributed by atoms with van der Waals surface area (Å²) in [4.78, 5) is 2.37. The smallest absolute Gasteiger partial charge is 0.115 e. The first-order chi connectivity index (χ1) is 7.29. The second-order valence-corrected chi connectivity index (χ2v) is 4.07. The zero-order valence-electron chi connectivity index (χ0n) is 9.11. The molecule has 15 heavy (non-hydrogen) atoms. The number of rotatable bonds is 2. The average Bonchev–Trinajstić information content (AvgIpc) is 2.30. The van der Waals surface area contributed by atoms with Gasteiger partial charge in [-0.3, -0.25) is 0 Å². The molecule has 3 nitrogen and oxygen atoms in total. The lowest BCUT2D eigenvalue weighted by atomic mass is 10.0. The van der Waals surface area contributed by atoms with Gasteiger partial charge in [-0.2, -0.15) is 0 Å². The van der Waals surface area contributed by atoms with E-state index in [1.807, 2.05) is 19.2 Å². The molecule has 0 aliphatic carbocycles. The van der Waals surface area contributed by atoms with E-state index in [1.165, 1.54) is 18.5 Å². The molecular formula is C12H18N2O. The van der Waals surface area contributed by atoms with Crippen LogP contribution < -0.4 is 10.2 Å². The fraction of sp³-hybridized carbons (Fsp3) is 0.500. The second-order valence-electron chi connectivity index (χ2n) is 4.07. The van der Waals surface area contributed by atoms with E-state index < -0.39 is 0 Å². The maximum atomic E-state index is 9.21. The summed E-state index contributed by atoms with van der Waals surface area (Å²) in [6.45, 7) is 2.19. The predicted octanol–water partition coefficient (Wildman–Crippen LogP) is 1.58. The molecule has 0 amide bonds. The highest BCUT2D eigenvalue weighted by Gasteiger charge is 2.17. The van der Waals surface area contributed by atoms with E-state index in [-0.39, 0.29) is 0 Å². The molecule has 0 spiro atoms.